The predicted molar refractivity (Wildman–Crippen MR) is 154 cm³/mol. The molecule has 0 radical (unpaired) electrons. The number of nitrogens with one attached hydrogen (secondary N) is 1. The Balaban J connectivity index is 1.41. The van der Waals surface area contributed by atoms with Crippen molar-refractivity contribution in [1.82, 2.24) is 15.0 Å². The number of sulfone groups is 1. The Hall–Kier alpha value is -3.05. The minimum absolute atomic E-state index is 0.0202. The fourth-order valence-corrected chi connectivity index (χ4v) is 6.83. The van der Waals surface area contributed by atoms with Crippen molar-refractivity contribution in [3.8, 4) is 0 Å². The number of rotatable bonds is 7. The van der Waals surface area contributed by atoms with Crippen molar-refractivity contribution in [3.63, 3.8) is 0 Å². The molecule has 0 bridgehead atoms. The van der Waals surface area contributed by atoms with Crippen LogP contribution in [0, 0.1) is 5.92 Å². The van der Waals surface area contributed by atoms with Gasteiger partial charge < -0.3 is 20.2 Å². The molecule has 2 aliphatic rings. The largest absolute Gasteiger partial charge is 0.390 e. The highest BCUT2D eigenvalue weighted by molar-refractivity contribution is 7.90. The molecule has 4 atom stereocenters. The first-order valence-electron chi connectivity index (χ1n) is 13.4. The number of nitrogens with zero attached hydrogens (tertiary/aromatic N) is 5. The molecule has 3 aromatic rings. The normalized spacial score (nSPS) is 25.7. The topological polar surface area (TPSA) is 112 Å². The van der Waals surface area contributed by atoms with Crippen molar-refractivity contribution in [2.75, 3.05) is 46.8 Å². The lowest BCUT2D eigenvalue weighted by Gasteiger charge is -2.48. The maximum Gasteiger partial charge on any atom is 0.227 e. The summed E-state index contributed by atoms with van der Waals surface area (Å²) in [7, 11) is -3.03. The van der Waals surface area contributed by atoms with Crippen molar-refractivity contribution < 1.29 is 17.9 Å². The first-order chi connectivity index (χ1) is 18.3. The fraction of sp³-hybridized carbons (Fsp3) is 0.536. The number of aromatic nitrogens is 3. The fourth-order valence-electron chi connectivity index (χ4n) is 5.66. The van der Waals surface area contributed by atoms with Gasteiger partial charge in [-0.2, -0.15) is 4.98 Å². The van der Waals surface area contributed by atoms with Gasteiger partial charge in [0.2, 0.25) is 5.95 Å². The monoisotopic (exact) mass is 556 g/mol. The molecular weight excluding hydrogens is 519 g/mol. The molecule has 0 amide bonds. The van der Waals surface area contributed by atoms with Crippen LogP contribution in [0.15, 0.2) is 36.7 Å². The first kappa shape index (κ1) is 27.5. The molecule has 11 heteroatoms. The van der Waals surface area contributed by atoms with E-state index in [1.54, 1.807) is 17.2 Å². The van der Waals surface area contributed by atoms with Crippen LogP contribution in [0.2, 0.25) is 0 Å². The smallest absolute Gasteiger partial charge is 0.227 e. The third-order valence-corrected chi connectivity index (χ3v) is 9.05. The molecule has 9 nitrogen and oxygen atoms in total. The van der Waals surface area contributed by atoms with Gasteiger partial charge in [0.25, 0.3) is 0 Å². The van der Waals surface area contributed by atoms with E-state index in [2.05, 4.69) is 58.1 Å². The minimum atomic E-state index is -3.03. The van der Waals surface area contributed by atoms with E-state index < -0.39 is 21.6 Å². The number of anilines is 4. The summed E-state index contributed by atoms with van der Waals surface area (Å²) in [6, 6.07) is 8.14. The van der Waals surface area contributed by atoms with Gasteiger partial charge in [-0.05, 0) is 55.3 Å². The molecule has 0 saturated carbocycles. The summed E-state index contributed by atoms with van der Waals surface area (Å²) < 4.78 is 38.4. The van der Waals surface area contributed by atoms with E-state index >= 15 is 0 Å². The van der Waals surface area contributed by atoms with Crippen LogP contribution >= 0.6 is 0 Å². The van der Waals surface area contributed by atoms with E-state index in [0.29, 0.717) is 43.0 Å². The van der Waals surface area contributed by atoms with Gasteiger partial charge in [0.05, 0.1) is 18.4 Å². The number of fused-ring (bicyclic) bond motifs is 1. The zero-order valence-electron chi connectivity index (χ0n) is 23.1. The summed E-state index contributed by atoms with van der Waals surface area (Å²) in [6.45, 7) is 8.97. The zero-order valence-corrected chi connectivity index (χ0v) is 23.9. The Morgan fingerprint density at radius 1 is 1.21 bits per heavy atom. The summed E-state index contributed by atoms with van der Waals surface area (Å²) in [6.07, 6.45) is 4.09. The van der Waals surface area contributed by atoms with Crippen molar-refractivity contribution in [3.05, 3.63) is 42.2 Å². The summed E-state index contributed by atoms with van der Waals surface area (Å²) in [5.41, 5.74) is 0.517. The lowest BCUT2D eigenvalue weighted by molar-refractivity contribution is -0.00860. The minimum Gasteiger partial charge on any atom is -0.390 e. The van der Waals surface area contributed by atoms with E-state index in [9.17, 15) is 17.9 Å². The molecule has 2 aromatic heterocycles. The van der Waals surface area contributed by atoms with E-state index in [1.165, 1.54) is 18.7 Å². The highest BCUT2D eigenvalue weighted by Gasteiger charge is 2.40. The lowest BCUT2D eigenvalue weighted by Crippen LogP contribution is -2.57. The standard InChI is InChI=1S/C28H37FN6O3S/c1-17(2)20-6-7-23(35-14-19(18(35)3)15-39(5,37)38)22-13-31-26(12-21(20)22)32-25-8-10-30-27(33-25)34-11-9-24(36)28(4,29)16-34/h6-8,10,12-13,17-19,24,36H,9,11,14-16H2,1-5H3,(H,30,31,32,33)/t18-,19-,24+,28-/m1/s1. The Bertz CT molecular complexity index is 1480. The third kappa shape index (κ3) is 5.65. The van der Waals surface area contributed by atoms with Gasteiger partial charge in [-0.3, -0.25) is 0 Å². The molecule has 2 aliphatic heterocycles. The van der Waals surface area contributed by atoms with Gasteiger partial charge in [0.1, 0.15) is 21.5 Å². The Morgan fingerprint density at radius 3 is 2.64 bits per heavy atom. The number of halogens is 1. The van der Waals surface area contributed by atoms with Crippen LogP contribution in [0.1, 0.15) is 45.6 Å². The molecule has 210 valence electrons. The van der Waals surface area contributed by atoms with Gasteiger partial charge in [0.15, 0.2) is 5.67 Å². The quantitative estimate of drug-likeness (QED) is 0.445. The predicted octanol–water partition coefficient (Wildman–Crippen LogP) is 4.06. The van der Waals surface area contributed by atoms with Gasteiger partial charge in [-0.25, -0.2) is 22.8 Å². The number of hydrogen-bond acceptors (Lipinski definition) is 9. The van der Waals surface area contributed by atoms with E-state index in [4.69, 9.17) is 0 Å². The maximum absolute atomic E-state index is 14.7. The molecule has 0 unspecified atom stereocenters. The van der Waals surface area contributed by atoms with Gasteiger partial charge in [-0.1, -0.05) is 19.9 Å². The lowest BCUT2D eigenvalue weighted by atomic mass is 9.88. The number of hydrogen-bond donors (Lipinski definition) is 2. The van der Waals surface area contributed by atoms with Crippen LogP contribution in [0.25, 0.3) is 10.8 Å². The van der Waals surface area contributed by atoms with Crippen LogP contribution in [0.5, 0.6) is 0 Å². The maximum atomic E-state index is 14.7. The van der Waals surface area contributed by atoms with Crippen LogP contribution in [-0.2, 0) is 9.84 Å². The van der Waals surface area contributed by atoms with Crippen molar-refractivity contribution in [2.45, 2.75) is 57.8 Å². The van der Waals surface area contributed by atoms with Crippen molar-refractivity contribution in [1.29, 1.82) is 0 Å². The average Bonchev–Trinajstić information content (AvgIpc) is 2.86. The Morgan fingerprint density at radius 2 is 1.97 bits per heavy atom. The number of aliphatic hydroxyl groups excluding tert-OH is 1. The number of benzene rings is 1. The Kier molecular flexibility index (Phi) is 7.17. The highest BCUT2D eigenvalue weighted by atomic mass is 32.2. The second-order valence-corrected chi connectivity index (χ2v) is 13.7. The molecule has 0 aliphatic carbocycles. The molecule has 39 heavy (non-hydrogen) atoms. The molecule has 0 spiro atoms. The highest BCUT2D eigenvalue weighted by Crippen LogP contribution is 2.39. The first-order valence-corrected chi connectivity index (χ1v) is 15.5. The second kappa shape index (κ2) is 10.2. The van der Waals surface area contributed by atoms with Crippen LogP contribution in [-0.4, -0.2) is 77.9 Å². The molecule has 4 heterocycles. The van der Waals surface area contributed by atoms with Crippen LogP contribution in [0.4, 0.5) is 27.7 Å². The summed E-state index contributed by atoms with van der Waals surface area (Å²) >= 11 is 0. The van der Waals surface area contributed by atoms with Crippen LogP contribution < -0.4 is 15.1 Å². The van der Waals surface area contributed by atoms with E-state index in [-0.39, 0.29) is 24.3 Å². The third-order valence-electron chi connectivity index (χ3n) is 8.01. The summed E-state index contributed by atoms with van der Waals surface area (Å²) in [4.78, 5) is 17.6. The number of pyridine rings is 1. The van der Waals surface area contributed by atoms with E-state index in [0.717, 1.165) is 16.5 Å². The molecule has 2 N–H and O–H groups in total. The summed E-state index contributed by atoms with van der Waals surface area (Å²) in [5, 5.41) is 15.3. The zero-order chi connectivity index (χ0) is 28.1. The number of aliphatic hydroxyl groups is 1. The molecule has 1 aromatic carbocycles. The second-order valence-electron chi connectivity index (χ2n) is 11.6. The van der Waals surface area contributed by atoms with Gasteiger partial charge in [0, 0.05) is 54.8 Å². The van der Waals surface area contributed by atoms with Crippen molar-refractivity contribution >= 4 is 43.9 Å². The van der Waals surface area contributed by atoms with E-state index in [1.807, 2.05) is 12.3 Å². The summed E-state index contributed by atoms with van der Waals surface area (Å²) in [5.74, 6) is 2.17. The molecular formula is C28H37FN6O3S. The number of alkyl halides is 1. The SMILES string of the molecule is CC(C)c1ccc(N2C[C@H](CS(C)(=O)=O)[C@H]2C)c2cnc(Nc3ccnc(N4CC[C@H](O)[C@](C)(F)C4)n3)cc12. The Labute approximate surface area is 229 Å². The average molecular weight is 557 g/mol. The van der Waals surface area contributed by atoms with Gasteiger partial charge >= 0.3 is 0 Å². The molecule has 2 saturated heterocycles. The van der Waals surface area contributed by atoms with Crippen molar-refractivity contribution in [2.24, 2.45) is 5.92 Å². The molecule has 5 rings (SSSR count). The molecule has 2 fully saturated rings. The van der Waals surface area contributed by atoms with Crippen LogP contribution in [0.3, 0.4) is 0 Å². The number of piperidine rings is 1. The van der Waals surface area contributed by atoms with Gasteiger partial charge in [-0.15, -0.1) is 0 Å².